The Hall–Kier alpha value is -2.34. The molecule has 5 nitrogen and oxygen atoms in total. The van der Waals surface area contributed by atoms with Crippen LogP contribution in [0.25, 0.3) is 0 Å². The Bertz CT molecular complexity index is 706. The summed E-state index contributed by atoms with van der Waals surface area (Å²) >= 11 is 1.26. The number of anilines is 1. The Kier molecular flexibility index (Phi) is 4.28. The maximum absolute atomic E-state index is 12.2. The molecule has 0 saturated carbocycles. The Morgan fingerprint density at radius 1 is 1.29 bits per heavy atom. The summed E-state index contributed by atoms with van der Waals surface area (Å²) in [5, 5.41) is 12.3. The van der Waals surface area contributed by atoms with Gasteiger partial charge in [-0.1, -0.05) is 6.07 Å². The zero-order valence-electron chi connectivity index (χ0n) is 11.9. The van der Waals surface area contributed by atoms with Crippen molar-refractivity contribution >= 4 is 28.2 Å². The molecule has 0 fully saturated rings. The number of methoxy groups -OCH3 is 1. The highest BCUT2D eigenvalue weighted by molar-refractivity contribution is 7.16. The summed E-state index contributed by atoms with van der Waals surface area (Å²) in [5.74, 6) is -0.838. The molecule has 1 aromatic heterocycles. The molecule has 2 N–H and O–H groups in total. The van der Waals surface area contributed by atoms with Gasteiger partial charge < -0.3 is 15.2 Å². The zero-order chi connectivity index (χ0) is 15.6. The average molecular weight is 305 g/mol. The largest absolute Gasteiger partial charge is 0.497 e. The molecule has 2 rings (SSSR count). The van der Waals surface area contributed by atoms with Crippen molar-refractivity contribution in [1.82, 2.24) is 0 Å². The first-order valence-electron chi connectivity index (χ1n) is 6.22. The van der Waals surface area contributed by atoms with Gasteiger partial charge in [-0.3, -0.25) is 4.79 Å². The lowest BCUT2D eigenvalue weighted by Gasteiger charge is -2.06. The van der Waals surface area contributed by atoms with Gasteiger partial charge in [-0.25, -0.2) is 4.79 Å². The molecule has 0 unspecified atom stereocenters. The van der Waals surface area contributed by atoms with E-state index in [1.807, 2.05) is 6.92 Å². The molecule has 2 aromatic rings. The van der Waals surface area contributed by atoms with Crippen molar-refractivity contribution in [3.05, 3.63) is 45.8 Å². The highest BCUT2D eigenvalue weighted by Gasteiger charge is 2.20. The van der Waals surface area contributed by atoms with E-state index in [4.69, 9.17) is 4.74 Å². The molecule has 1 amide bonds. The standard InChI is InChI=1S/C15H15NO4S/c1-8-9(2)21-14(12(8)15(18)19)16-13(17)10-5-4-6-11(7-10)20-3/h4-7H,1-3H3,(H,16,17)(H,18,19). The van der Waals surface area contributed by atoms with Crippen molar-refractivity contribution in [1.29, 1.82) is 0 Å². The number of carboxylic acids is 1. The molecule has 0 aliphatic heterocycles. The number of rotatable bonds is 4. The lowest BCUT2D eigenvalue weighted by atomic mass is 10.1. The van der Waals surface area contributed by atoms with Gasteiger partial charge in [0.25, 0.3) is 5.91 Å². The van der Waals surface area contributed by atoms with Crippen LogP contribution in [-0.4, -0.2) is 24.1 Å². The van der Waals surface area contributed by atoms with E-state index in [-0.39, 0.29) is 11.5 Å². The van der Waals surface area contributed by atoms with Crippen LogP contribution in [0, 0.1) is 13.8 Å². The van der Waals surface area contributed by atoms with Gasteiger partial charge >= 0.3 is 5.97 Å². The van der Waals surface area contributed by atoms with Gasteiger partial charge in [0, 0.05) is 10.4 Å². The van der Waals surface area contributed by atoms with E-state index in [1.54, 1.807) is 31.2 Å². The number of carbonyl (C=O) groups is 2. The zero-order valence-corrected chi connectivity index (χ0v) is 12.7. The van der Waals surface area contributed by atoms with Gasteiger partial charge in [0.2, 0.25) is 0 Å². The summed E-state index contributed by atoms with van der Waals surface area (Å²) < 4.78 is 5.07. The van der Waals surface area contributed by atoms with Crippen molar-refractivity contribution in [3.63, 3.8) is 0 Å². The molecule has 21 heavy (non-hydrogen) atoms. The molecule has 0 radical (unpaired) electrons. The molecule has 110 valence electrons. The summed E-state index contributed by atoms with van der Waals surface area (Å²) in [4.78, 5) is 24.4. The minimum atomic E-state index is -1.04. The third-order valence-corrected chi connectivity index (χ3v) is 4.28. The van der Waals surface area contributed by atoms with Gasteiger partial charge in [0.1, 0.15) is 10.8 Å². The second-order valence-electron chi connectivity index (χ2n) is 4.48. The van der Waals surface area contributed by atoms with Crippen molar-refractivity contribution in [2.75, 3.05) is 12.4 Å². The van der Waals surface area contributed by atoms with Crippen LogP contribution in [0.1, 0.15) is 31.2 Å². The summed E-state index contributed by atoms with van der Waals surface area (Å²) in [5.41, 5.74) is 1.23. The normalized spacial score (nSPS) is 10.2. The van der Waals surface area contributed by atoms with E-state index >= 15 is 0 Å². The van der Waals surface area contributed by atoms with E-state index in [9.17, 15) is 14.7 Å². The molecule has 0 bridgehead atoms. The number of carbonyl (C=O) groups excluding carboxylic acids is 1. The lowest BCUT2D eigenvalue weighted by molar-refractivity contribution is 0.0697. The van der Waals surface area contributed by atoms with E-state index in [0.717, 1.165) is 4.88 Å². The molecule has 0 atom stereocenters. The SMILES string of the molecule is COc1cccc(C(=O)Nc2sc(C)c(C)c2C(=O)O)c1. The number of nitrogens with one attached hydrogen (secondary N) is 1. The van der Waals surface area contributed by atoms with E-state index in [2.05, 4.69) is 5.32 Å². The fourth-order valence-electron chi connectivity index (χ4n) is 1.91. The summed E-state index contributed by atoms with van der Waals surface area (Å²) in [6.07, 6.45) is 0. The van der Waals surface area contributed by atoms with Gasteiger partial charge in [0.15, 0.2) is 0 Å². The Morgan fingerprint density at radius 3 is 2.62 bits per heavy atom. The van der Waals surface area contributed by atoms with Crippen LogP contribution >= 0.6 is 11.3 Å². The second kappa shape index (κ2) is 5.97. The molecule has 6 heteroatoms. The van der Waals surface area contributed by atoms with Crippen LogP contribution in [-0.2, 0) is 0 Å². The molecular weight excluding hydrogens is 290 g/mol. The van der Waals surface area contributed by atoms with Crippen LogP contribution in [0.4, 0.5) is 5.00 Å². The number of benzene rings is 1. The number of hydrogen-bond donors (Lipinski definition) is 2. The summed E-state index contributed by atoms with van der Waals surface area (Å²) in [6.45, 7) is 3.56. The summed E-state index contributed by atoms with van der Waals surface area (Å²) in [7, 11) is 1.52. The maximum Gasteiger partial charge on any atom is 0.338 e. The van der Waals surface area contributed by atoms with E-state index < -0.39 is 5.97 Å². The predicted molar refractivity (Wildman–Crippen MR) is 81.7 cm³/mol. The number of hydrogen-bond acceptors (Lipinski definition) is 4. The number of aryl methyl sites for hydroxylation is 1. The third-order valence-electron chi connectivity index (χ3n) is 3.16. The Balaban J connectivity index is 2.31. The number of carboxylic acid groups (broad SMARTS) is 1. The average Bonchev–Trinajstić information content (AvgIpc) is 2.73. The number of aromatic carboxylic acids is 1. The number of ether oxygens (including phenoxy) is 1. The van der Waals surface area contributed by atoms with Gasteiger partial charge in [-0.2, -0.15) is 0 Å². The van der Waals surface area contributed by atoms with Crippen LogP contribution in [0.15, 0.2) is 24.3 Å². The van der Waals surface area contributed by atoms with Gasteiger partial charge in [0.05, 0.1) is 12.7 Å². The van der Waals surface area contributed by atoms with Crippen molar-refractivity contribution in [2.24, 2.45) is 0 Å². The van der Waals surface area contributed by atoms with Crippen molar-refractivity contribution in [2.45, 2.75) is 13.8 Å². The molecule has 0 aliphatic rings. The first-order valence-corrected chi connectivity index (χ1v) is 7.04. The third kappa shape index (κ3) is 3.05. The van der Waals surface area contributed by atoms with E-state index in [0.29, 0.717) is 21.9 Å². The van der Waals surface area contributed by atoms with Crippen LogP contribution in [0.3, 0.4) is 0 Å². The molecule has 1 aromatic carbocycles. The quantitative estimate of drug-likeness (QED) is 0.908. The van der Waals surface area contributed by atoms with Crippen molar-refractivity contribution in [3.8, 4) is 5.75 Å². The van der Waals surface area contributed by atoms with Crippen LogP contribution < -0.4 is 10.1 Å². The fourth-order valence-corrected chi connectivity index (χ4v) is 2.96. The first-order chi connectivity index (χ1) is 9.93. The Morgan fingerprint density at radius 2 is 2.00 bits per heavy atom. The van der Waals surface area contributed by atoms with Gasteiger partial charge in [-0.15, -0.1) is 11.3 Å². The fraction of sp³-hybridized carbons (Fsp3) is 0.200. The van der Waals surface area contributed by atoms with E-state index in [1.165, 1.54) is 18.4 Å². The highest BCUT2D eigenvalue weighted by atomic mass is 32.1. The number of amides is 1. The highest BCUT2D eigenvalue weighted by Crippen LogP contribution is 2.32. The second-order valence-corrected chi connectivity index (χ2v) is 5.70. The molecule has 0 spiro atoms. The van der Waals surface area contributed by atoms with Gasteiger partial charge in [-0.05, 0) is 37.6 Å². The minimum absolute atomic E-state index is 0.147. The monoisotopic (exact) mass is 305 g/mol. The maximum atomic E-state index is 12.2. The smallest absolute Gasteiger partial charge is 0.338 e. The molecule has 0 saturated heterocycles. The molecule has 0 aliphatic carbocycles. The van der Waals surface area contributed by atoms with Crippen LogP contribution in [0.5, 0.6) is 5.75 Å². The molecule has 1 heterocycles. The topological polar surface area (TPSA) is 75.6 Å². The summed E-state index contributed by atoms with van der Waals surface area (Å²) in [6, 6.07) is 6.68. The molecular formula is C15H15NO4S. The minimum Gasteiger partial charge on any atom is -0.497 e. The first kappa shape index (κ1) is 15.1. The number of thiophene rings is 1. The van der Waals surface area contributed by atoms with Crippen molar-refractivity contribution < 1.29 is 19.4 Å². The lowest BCUT2D eigenvalue weighted by Crippen LogP contribution is -2.13. The van der Waals surface area contributed by atoms with Crippen LogP contribution in [0.2, 0.25) is 0 Å². The predicted octanol–water partition coefficient (Wildman–Crippen LogP) is 3.32. The Labute approximate surface area is 126 Å².